The standard InChI is InChI=1S/C22H17ClFN7S/c23-14-4-5-18(25)16(11-14)15-3-1-2-13-10-19(32-21(13)15)20-17(24)12-27-22(29-20)26-6-8-31-9-7-28-30-31/h1-5,7,9-12H,6,8,25H2,(H,26,27,29). The van der Waals surface area contributed by atoms with E-state index in [4.69, 9.17) is 17.3 Å². The van der Waals surface area contributed by atoms with Crippen LogP contribution in [0.3, 0.4) is 0 Å². The Morgan fingerprint density at radius 1 is 1.16 bits per heavy atom. The van der Waals surface area contributed by atoms with Crippen LogP contribution in [0.5, 0.6) is 0 Å². The van der Waals surface area contributed by atoms with E-state index in [1.165, 1.54) is 17.5 Å². The predicted molar refractivity (Wildman–Crippen MR) is 126 cm³/mol. The van der Waals surface area contributed by atoms with Gasteiger partial charge in [0.2, 0.25) is 5.95 Å². The maximum atomic E-state index is 14.7. The summed E-state index contributed by atoms with van der Waals surface area (Å²) in [5.74, 6) is -0.138. The van der Waals surface area contributed by atoms with Crippen LogP contribution < -0.4 is 11.1 Å². The zero-order chi connectivity index (χ0) is 22.1. The number of thiophene rings is 1. The predicted octanol–water partition coefficient (Wildman–Crippen LogP) is 5.10. The SMILES string of the molecule is Nc1ccc(Cl)cc1-c1cccc2cc(-c3nc(NCCn4ccnn4)ncc3F)sc12. The molecule has 0 aliphatic heterocycles. The number of hydrogen-bond acceptors (Lipinski definition) is 7. The topological polar surface area (TPSA) is 94.5 Å². The van der Waals surface area contributed by atoms with E-state index in [1.807, 2.05) is 30.3 Å². The number of nitrogens with zero attached hydrogens (tertiary/aromatic N) is 5. The molecular formula is C22H17ClFN7S. The summed E-state index contributed by atoms with van der Waals surface area (Å²) < 4.78 is 17.3. The first-order valence-corrected chi connectivity index (χ1v) is 11.0. The maximum Gasteiger partial charge on any atom is 0.223 e. The summed E-state index contributed by atoms with van der Waals surface area (Å²) >= 11 is 7.65. The van der Waals surface area contributed by atoms with Crippen LogP contribution in [0.2, 0.25) is 5.02 Å². The lowest BCUT2D eigenvalue weighted by atomic mass is 10.0. The Morgan fingerprint density at radius 3 is 2.91 bits per heavy atom. The number of halogens is 2. The first kappa shape index (κ1) is 20.3. The van der Waals surface area contributed by atoms with Gasteiger partial charge in [-0.05, 0) is 29.7 Å². The third kappa shape index (κ3) is 4.00. The molecule has 0 aliphatic rings. The molecule has 160 valence electrons. The number of benzene rings is 2. The van der Waals surface area contributed by atoms with Crippen LogP contribution in [0.4, 0.5) is 16.0 Å². The number of nitrogens with two attached hydrogens (primary N) is 1. The highest BCUT2D eigenvalue weighted by Crippen LogP contribution is 2.41. The minimum absolute atomic E-state index is 0.245. The molecule has 5 aromatic rings. The zero-order valence-electron chi connectivity index (χ0n) is 16.7. The molecule has 7 nitrogen and oxygen atoms in total. The number of nitrogen functional groups attached to an aromatic ring is 1. The summed E-state index contributed by atoms with van der Waals surface area (Å²) in [4.78, 5) is 9.17. The lowest BCUT2D eigenvalue weighted by Gasteiger charge is -2.08. The average molecular weight is 466 g/mol. The van der Waals surface area contributed by atoms with Gasteiger partial charge in [-0.2, -0.15) is 0 Å². The van der Waals surface area contributed by atoms with Gasteiger partial charge in [-0.15, -0.1) is 16.4 Å². The van der Waals surface area contributed by atoms with Crippen molar-refractivity contribution in [3.8, 4) is 21.7 Å². The first-order valence-electron chi connectivity index (χ1n) is 9.77. The van der Waals surface area contributed by atoms with E-state index in [2.05, 4.69) is 25.6 Å². The molecule has 0 radical (unpaired) electrons. The molecule has 3 heterocycles. The van der Waals surface area contributed by atoms with Crippen molar-refractivity contribution in [1.29, 1.82) is 0 Å². The Balaban J connectivity index is 1.49. The molecule has 32 heavy (non-hydrogen) atoms. The Labute approximate surface area is 191 Å². The van der Waals surface area contributed by atoms with Crippen LogP contribution in [-0.2, 0) is 6.54 Å². The Bertz CT molecular complexity index is 1400. The van der Waals surface area contributed by atoms with Gasteiger partial charge >= 0.3 is 0 Å². The second kappa shape index (κ2) is 8.52. The summed E-state index contributed by atoms with van der Waals surface area (Å²) in [6.45, 7) is 1.11. The lowest BCUT2D eigenvalue weighted by Crippen LogP contribution is -2.13. The molecule has 3 aromatic heterocycles. The normalized spacial score (nSPS) is 11.2. The number of aromatic nitrogens is 5. The van der Waals surface area contributed by atoms with Gasteiger partial charge in [0.05, 0.1) is 23.8 Å². The van der Waals surface area contributed by atoms with E-state index in [0.29, 0.717) is 34.6 Å². The summed E-state index contributed by atoms with van der Waals surface area (Å²) in [5, 5.41) is 12.3. The number of hydrogen-bond donors (Lipinski definition) is 2. The Hall–Kier alpha value is -3.56. The van der Waals surface area contributed by atoms with E-state index in [1.54, 1.807) is 29.2 Å². The van der Waals surface area contributed by atoms with Crippen LogP contribution in [0, 0.1) is 5.82 Å². The van der Waals surface area contributed by atoms with Gasteiger partial charge in [0.1, 0.15) is 5.69 Å². The van der Waals surface area contributed by atoms with Crippen molar-refractivity contribution in [2.75, 3.05) is 17.6 Å². The van der Waals surface area contributed by atoms with Crippen LogP contribution >= 0.6 is 22.9 Å². The van der Waals surface area contributed by atoms with Crippen LogP contribution in [0.25, 0.3) is 31.8 Å². The van der Waals surface area contributed by atoms with Gasteiger partial charge in [-0.1, -0.05) is 35.0 Å². The van der Waals surface area contributed by atoms with Crippen LogP contribution in [0.1, 0.15) is 0 Å². The van der Waals surface area contributed by atoms with Crippen molar-refractivity contribution in [3.05, 3.63) is 71.9 Å². The summed E-state index contributed by atoms with van der Waals surface area (Å²) in [6, 6.07) is 13.2. The molecule has 0 unspecified atom stereocenters. The van der Waals surface area contributed by atoms with E-state index >= 15 is 0 Å². The largest absolute Gasteiger partial charge is 0.398 e. The Morgan fingerprint density at radius 2 is 2.06 bits per heavy atom. The molecule has 0 spiro atoms. The number of fused-ring (bicyclic) bond motifs is 1. The van der Waals surface area contributed by atoms with E-state index < -0.39 is 5.82 Å². The monoisotopic (exact) mass is 465 g/mol. The zero-order valence-corrected chi connectivity index (χ0v) is 18.2. The molecular weight excluding hydrogens is 449 g/mol. The fourth-order valence-electron chi connectivity index (χ4n) is 3.41. The third-order valence-corrected chi connectivity index (χ3v) is 6.35. The molecule has 0 fully saturated rings. The highest BCUT2D eigenvalue weighted by atomic mass is 35.5. The molecule has 0 bridgehead atoms. The van der Waals surface area contributed by atoms with Crippen molar-refractivity contribution in [2.45, 2.75) is 6.54 Å². The fourth-order valence-corrected chi connectivity index (χ4v) is 4.76. The van der Waals surface area contributed by atoms with Crippen molar-refractivity contribution in [3.63, 3.8) is 0 Å². The smallest absolute Gasteiger partial charge is 0.223 e. The molecule has 5 rings (SSSR count). The molecule has 0 atom stereocenters. The second-order valence-electron chi connectivity index (χ2n) is 7.05. The van der Waals surface area contributed by atoms with Gasteiger partial charge in [-0.3, -0.25) is 4.68 Å². The van der Waals surface area contributed by atoms with E-state index in [0.717, 1.165) is 21.2 Å². The lowest BCUT2D eigenvalue weighted by molar-refractivity contribution is 0.604. The molecule has 0 amide bonds. The number of rotatable bonds is 6. The van der Waals surface area contributed by atoms with Crippen LogP contribution in [-0.4, -0.2) is 31.5 Å². The van der Waals surface area contributed by atoms with Gasteiger partial charge in [0.25, 0.3) is 0 Å². The molecule has 0 aliphatic carbocycles. The Kier molecular flexibility index (Phi) is 5.42. The van der Waals surface area contributed by atoms with Crippen molar-refractivity contribution in [1.82, 2.24) is 25.0 Å². The van der Waals surface area contributed by atoms with Gasteiger partial charge < -0.3 is 11.1 Å². The molecule has 3 N–H and O–H groups in total. The van der Waals surface area contributed by atoms with E-state index in [-0.39, 0.29) is 5.69 Å². The highest BCUT2D eigenvalue weighted by molar-refractivity contribution is 7.22. The second-order valence-corrected chi connectivity index (χ2v) is 8.54. The minimum atomic E-state index is -0.484. The first-order chi connectivity index (χ1) is 15.6. The van der Waals surface area contributed by atoms with Gasteiger partial charge in [0.15, 0.2) is 5.82 Å². The van der Waals surface area contributed by atoms with Crippen molar-refractivity contribution in [2.24, 2.45) is 0 Å². The quantitative estimate of drug-likeness (QED) is 0.339. The third-order valence-electron chi connectivity index (χ3n) is 4.92. The summed E-state index contributed by atoms with van der Waals surface area (Å²) in [6.07, 6.45) is 4.56. The maximum absolute atomic E-state index is 14.7. The minimum Gasteiger partial charge on any atom is -0.398 e. The fraction of sp³-hybridized carbons (Fsp3) is 0.0909. The highest BCUT2D eigenvalue weighted by Gasteiger charge is 2.16. The summed E-state index contributed by atoms with van der Waals surface area (Å²) in [5.41, 5.74) is 8.86. The molecule has 2 aromatic carbocycles. The molecule has 0 saturated carbocycles. The number of nitrogens with one attached hydrogen (secondary N) is 1. The van der Waals surface area contributed by atoms with Gasteiger partial charge in [-0.25, -0.2) is 14.4 Å². The van der Waals surface area contributed by atoms with E-state index in [9.17, 15) is 4.39 Å². The van der Waals surface area contributed by atoms with Crippen LogP contribution in [0.15, 0.2) is 61.1 Å². The molecule has 10 heteroatoms. The van der Waals surface area contributed by atoms with Crippen molar-refractivity contribution < 1.29 is 4.39 Å². The molecule has 0 saturated heterocycles. The van der Waals surface area contributed by atoms with Gasteiger partial charge in [0, 0.05) is 39.3 Å². The average Bonchev–Trinajstić information content (AvgIpc) is 3.46. The summed E-state index contributed by atoms with van der Waals surface area (Å²) in [7, 11) is 0. The number of anilines is 2. The van der Waals surface area contributed by atoms with Crippen molar-refractivity contribution >= 4 is 44.7 Å².